The average Bonchev–Trinajstić information content (AvgIpc) is 2.30. The molecule has 0 radical (unpaired) electrons. The van der Waals surface area contributed by atoms with Gasteiger partial charge in [-0.3, -0.25) is 4.79 Å². The SMILES string of the molecule is COC=O.c1ccc2c(c1)NCCN2. The van der Waals surface area contributed by atoms with Crippen LogP contribution in [0.15, 0.2) is 24.3 Å². The summed E-state index contributed by atoms with van der Waals surface area (Å²) in [6, 6.07) is 8.25. The summed E-state index contributed by atoms with van der Waals surface area (Å²) >= 11 is 0. The van der Waals surface area contributed by atoms with E-state index in [-0.39, 0.29) is 0 Å². The predicted molar refractivity (Wildman–Crippen MR) is 56.5 cm³/mol. The van der Waals surface area contributed by atoms with E-state index < -0.39 is 0 Å². The Morgan fingerprint density at radius 2 is 1.64 bits per heavy atom. The fourth-order valence-corrected chi connectivity index (χ4v) is 1.19. The molecule has 76 valence electrons. The Kier molecular flexibility index (Phi) is 4.34. The molecular weight excluding hydrogens is 180 g/mol. The number of anilines is 2. The molecule has 0 fully saturated rings. The highest BCUT2D eigenvalue weighted by molar-refractivity contribution is 5.70. The molecule has 1 aromatic rings. The molecule has 0 unspecified atom stereocenters. The van der Waals surface area contributed by atoms with Gasteiger partial charge < -0.3 is 15.4 Å². The van der Waals surface area contributed by atoms with Gasteiger partial charge in [-0.05, 0) is 12.1 Å². The molecule has 4 nitrogen and oxygen atoms in total. The number of hydrogen-bond donors (Lipinski definition) is 2. The molecule has 1 aliphatic rings. The van der Waals surface area contributed by atoms with E-state index in [9.17, 15) is 0 Å². The summed E-state index contributed by atoms with van der Waals surface area (Å²) in [4.78, 5) is 8.95. The van der Waals surface area contributed by atoms with Crippen molar-refractivity contribution < 1.29 is 9.53 Å². The zero-order chi connectivity index (χ0) is 10.2. The van der Waals surface area contributed by atoms with Gasteiger partial charge in [-0.2, -0.15) is 0 Å². The second-order valence-corrected chi connectivity index (χ2v) is 2.73. The molecule has 0 aliphatic carbocycles. The minimum atomic E-state index is 0.375. The topological polar surface area (TPSA) is 50.4 Å². The monoisotopic (exact) mass is 194 g/mol. The van der Waals surface area contributed by atoms with Gasteiger partial charge in [0.1, 0.15) is 0 Å². The first-order chi connectivity index (χ1) is 6.88. The van der Waals surface area contributed by atoms with Gasteiger partial charge in [-0.15, -0.1) is 0 Å². The van der Waals surface area contributed by atoms with Crippen molar-refractivity contribution in [1.82, 2.24) is 0 Å². The zero-order valence-corrected chi connectivity index (χ0v) is 8.12. The van der Waals surface area contributed by atoms with Crippen molar-refractivity contribution in [3.63, 3.8) is 0 Å². The third-order valence-corrected chi connectivity index (χ3v) is 1.78. The number of carbonyl (C=O) groups is 1. The van der Waals surface area contributed by atoms with Crippen LogP contribution in [0, 0.1) is 0 Å². The molecule has 0 spiro atoms. The minimum Gasteiger partial charge on any atom is -0.471 e. The predicted octanol–water partition coefficient (Wildman–Crippen LogP) is 1.31. The molecule has 1 aromatic carbocycles. The summed E-state index contributed by atoms with van der Waals surface area (Å²) in [6.45, 7) is 2.42. The lowest BCUT2D eigenvalue weighted by atomic mass is 10.2. The lowest BCUT2D eigenvalue weighted by Crippen LogP contribution is -2.19. The third kappa shape index (κ3) is 2.97. The van der Waals surface area contributed by atoms with Crippen molar-refractivity contribution in [3.8, 4) is 0 Å². The summed E-state index contributed by atoms with van der Waals surface area (Å²) in [6.07, 6.45) is 0. The average molecular weight is 194 g/mol. The van der Waals surface area contributed by atoms with Gasteiger partial charge in [0.05, 0.1) is 18.5 Å². The normalized spacial score (nSPS) is 12.1. The molecular formula is C10H14N2O2. The smallest absolute Gasteiger partial charge is 0.292 e. The van der Waals surface area contributed by atoms with Crippen molar-refractivity contribution in [3.05, 3.63) is 24.3 Å². The number of benzene rings is 1. The summed E-state index contributed by atoms with van der Waals surface area (Å²) in [7, 11) is 1.31. The highest BCUT2D eigenvalue weighted by Gasteiger charge is 2.03. The van der Waals surface area contributed by atoms with Crippen LogP contribution in [0.4, 0.5) is 11.4 Å². The van der Waals surface area contributed by atoms with Gasteiger partial charge >= 0.3 is 0 Å². The minimum absolute atomic E-state index is 0.375. The lowest BCUT2D eigenvalue weighted by Gasteiger charge is -2.18. The molecule has 0 saturated carbocycles. The number of ether oxygens (including phenoxy) is 1. The van der Waals surface area contributed by atoms with Crippen LogP contribution in [0.1, 0.15) is 0 Å². The van der Waals surface area contributed by atoms with E-state index in [2.05, 4.69) is 27.5 Å². The van der Waals surface area contributed by atoms with E-state index >= 15 is 0 Å². The maximum Gasteiger partial charge on any atom is 0.292 e. The quantitative estimate of drug-likeness (QED) is 0.662. The standard InChI is InChI=1S/C8H10N2.C2H4O2/c1-2-4-8-7(3-1)9-5-6-10-8;1-4-2-3/h1-4,9-10H,5-6H2;2H,1H3. The van der Waals surface area contributed by atoms with E-state index in [0.717, 1.165) is 13.1 Å². The Morgan fingerprint density at radius 3 is 2.00 bits per heavy atom. The highest BCUT2D eigenvalue weighted by Crippen LogP contribution is 2.22. The maximum atomic E-state index is 8.95. The third-order valence-electron chi connectivity index (χ3n) is 1.78. The molecule has 1 heterocycles. The number of fused-ring (bicyclic) bond motifs is 1. The van der Waals surface area contributed by atoms with Gasteiger partial charge in [-0.1, -0.05) is 12.1 Å². The van der Waals surface area contributed by atoms with Crippen LogP contribution in [0.2, 0.25) is 0 Å². The van der Waals surface area contributed by atoms with Crippen LogP contribution < -0.4 is 10.6 Å². The van der Waals surface area contributed by atoms with Crippen molar-refractivity contribution in [2.45, 2.75) is 0 Å². The number of carbonyl (C=O) groups excluding carboxylic acids is 1. The van der Waals surface area contributed by atoms with Crippen molar-refractivity contribution in [1.29, 1.82) is 0 Å². The molecule has 1 aliphatic heterocycles. The molecule has 0 saturated heterocycles. The number of rotatable bonds is 1. The van der Waals surface area contributed by atoms with Gasteiger partial charge in [0.25, 0.3) is 6.47 Å². The largest absolute Gasteiger partial charge is 0.471 e. The summed E-state index contributed by atoms with van der Waals surface area (Å²) in [5.74, 6) is 0. The second-order valence-electron chi connectivity index (χ2n) is 2.73. The number of methoxy groups -OCH3 is 1. The molecule has 0 aromatic heterocycles. The van der Waals surface area contributed by atoms with Crippen LogP contribution in [0.25, 0.3) is 0 Å². The molecule has 14 heavy (non-hydrogen) atoms. The Bertz CT molecular complexity index is 264. The first kappa shape index (κ1) is 10.4. The van der Waals surface area contributed by atoms with Crippen molar-refractivity contribution in [2.24, 2.45) is 0 Å². The Labute approximate surface area is 83.3 Å². The lowest BCUT2D eigenvalue weighted by molar-refractivity contribution is -0.126. The second kappa shape index (κ2) is 5.85. The fraction of sp³-hybridized carbons (Fsp3) is 0.300. The Balaban J connectivity index is 0.000000213. The first-order valence-corrected chi connectivity index (χ1v) is 4.41. The Morgan fingerprint density at radius 1 is 1.21 bits per heavy atom. The van der Waals surface area contributed by atoms with Crippen molar-refractivity contribution in [2.75, 3.05) is 30.8 Å². The number of hydrogen-bond acceptors (Lipinski definition) is 4. The summed E-state index contributed by atoms with van der Waals surface area (Å²) in [5.41, 5.74) is 2.43. The summed E-state index contributed by atoms with van der Waals surface area (Å²) in [5, 5.41) is 6.60. The van der Waals surface area contributed by atoms with Crippen LogP contribution in [-0.2, 0) is 9.53 Å². The molecule has 4 heteroatoms. The molecule has 0 amide bonds. The van der Waals surface area contributed by atoms with E-state index in [1.165, 1.54) is 18.5 Å². The fourth-order valence-electron chi connectivity index (χ4n) is 1.19. The van der Waals surface area contributed by atoms with E-state index in [1.54, 1.807) is 0 Å². The highest BCUT2D eigenvalue weighted by atomic mass is 16.5. The van der Waals surface area contributed by atoms with E-state index in [1.807, 2.05) is 12.1 Å². The van der Waals surface area contributed by atoms with Crippen LogP contribution in [0.5, 0.6) is 0 Å². The van der Waals surface area contributed by atoms with Gasteiger partial charge in [0.2, 0.25) is 0 Å². The number of para-hydroxylation sites is 2. The number of nitrogens with one attached hydrogen (secondary N) is 2. The zero-order valence-electron chi connectivity index (χ0n) is 8.12. The van der Waals surface area contributed by atoms with E-state index in [0.29, 0.717) is 6.47 Å². The van der Waals surface area contributed by atoms with Gasteiger partial charge in [0, 0.05) is 13.1 Å². The van der Waals surface area contributed by atoms with Crippen molar-refractivity contribution >= 4 is 17.8 Å². The van der Waals surface area contributed by atoms with Crippen LogP contribution >= 0.6 is 0 Å². The molecule has 2 N–H and O–H groups in total. The Hall–Kier alpha value is -1.71. The maximum absolute atomic E-state index is 8.95. The van der Waals surface area contributed by atoms with E-state index in [4.69, 9.17) is 4.79 Å². The molecule has 2 rings (SSSR count). The van der Waals surface area contributed by atoms with Crippen LogP contribution in [-0.4, -0.2) is 26.7 Å². The first-order valence-electron chi connectivity index (χ1n) is 4.41. The van der Waals surface area contributed by atoms with Crippen LogP contribution in [0.3, 0.4) is 0 Å². The van der Waals surface area contributed by atoms with Gasteiger partial charge in [-0.25, -0.2) is 0 Å². The summed E-state index contributed by atoms with van der Waals surface area (Å²) < 4.78 is 3.86. The van der Waals surface area contributed by atoms with Gasteiger partial charge in [0.15, 0.2) is 0 Å². The molecule has 0 bridgehead atoms. The molecule has 0 atom stereocenters.